The van der Waals surface area contributed by atoms with Crippen LogP contribution in [0.3, 0.4) is 0 Å². The molecule has 0 bridgehead atoms. The van der Waals surface area contributed by atoms with E-state index in [1.165, 1.54) is 39.9 Å². The highest BCUT2D eigenvalue weighted by molar-refractivity contribution is 7.98. The summed E-state index contributed by atoms with van der Waals surface area (Å²) >= 11 is 3.02. The highest BCUT2D eigenvalue weighted by Crippen LogP contribution is 2.26. The summed E-state index contributed by atoms with van der Waals surface area (Å²) in [5, 5.41) is 11.8. The lowest BCUT2D eigenvalue weighted by atomic mass is 9.96. The normalized spacial score (nSPS) is 11.7. The summed E-state index contributed by atoms with van der Waals surface area (Å²) in [6.07, 6.45) is 0. The van der Waals surface area contributed by atoms with Gasteiger partial charge in [0.2, 0.25) is 5.16 Å². The molecule has 0 spiro atoms. The van der Waals surface area contributed by atoms with E-state index in [2.05, 4.69) is 15.2 Å². The van der Waals surface area contributed by atoms with Crippen LogP contribution in [-0.4, -0.2) is 19.9 Å². The fourth-order valence-electron chi connectivity index (χ4n) is 2.18. The minimum Gasteiger partial charge on any atom is -0.486 e. The van der Waals surface area contributed by atoms with Crippen molar-refractivity contribution in [3.63, 3.8) is 0 Å². The molecule has 3 rings (SSSR count). The predicted molar refractivity (Wildman–Crippen MR) is 101 cm³/mol. The summed E-state index contributed by atoms with van der Waals surface area (Å²) in [7, 11) is 0. The molecule has 0 fully saturated rings. The van der Waals surface area contributed by atoms with Crippen LogP contribution in [0, 0.1) is 5.82 Å². The molecule has 0 aliphatic carbocycles. The predicted octanol–water partition coefficient (Wildman–Crippen LogP) is 3.76. The summed E-state index contributed by atoms with van der Waals surface area (Å²) in [6.45, 7) is 6.48. The summed E-state index contributed by atoms with van der Waals surface area (Å²) in [5.74, 6) is 7.81. The average Bonchev–Trinajstić information content (AvgIpc) is 3.18. The van der Waals surface area contributed by atoms with Crippen molar-refractivity contribution in [3.8, 4) is 5.75 Å². The Hall–Kier alpha value is -2.13. The van der Waals surface area contributed by atoms with Crippen LogP contribution in [-0.2, 0) is 17.8 Å². The Bertz CT molecular complexity index is 870. The van der Waals surface area contributed by atoms with Gasteiger partial charge in [-0.3, -0.25) is 0 Å². The van der Waals surface area contributed by atoms with Crippen molar-refractivity contribution in [1.29, 1.82) is 0 Å². The van der Waals surface area contributed by atoms with E-state index < -0.39 is 0 Å². The number of nitrogen functional groups attached to an aromatic ring is 1. The summed E-state index contributed by atoms with van der Waals surface area (Å²) in [5.41, 5.74) is 0.768. The fraction of sp³-hybridized carbons (Fsp3) is 0.353. The maximum atomic E-state index is 12.9. The number of nitrogens with two attached hydrogens (primary N) is 1. The van der Waals surface area contributed by atoms with Crippen LogP contribution in [0.15, 0.2) is 34.8 Å². The minimum atomic E-state index is -0.284. The Kier molecular flexibility index (Phi) is 5.47. The van der Waals surface area contributed by atoms with Crippen molar-refractivity contribution in [1.82, 2.24) is 19.9 Å². The van der Waals surface area contributed by atoms with Crippen LogP contribution in [0.25, 0.3) is 0 Å². The first-order valence-electron chi connectivity index (χ1n) is 7.98. The molecule has 0 radical (unpaired) electrons. The number of benzene rings is 1. The number of rotatable bonds is 6. The van der Waals surface area contributed by atoms with Crippen molar-refractivity contribution < 1.29 is 9.13 Å². The van der Waals surface area contributed by atoms with Gasteiger partial charge in [0.05, 0.1) is 5.69 Å². The lowest BCUT2D eigenvalue weighted by molar-refractivity contribution is 0.305. The molecule has 0 saturated heterocycles. The Morgan fingerprint density at radius 1 is 1.23 bits per heavy atom. The fourth-order valence-corrected chi connectivity index (χ4v) is 3.74. The first-order valence-corrected chi connectivity index (χ1v) is 9.85. The van der Waals surface area contributed by atoms with E-state index in [4.69, 9.17) is 10.6 Å². The van der Waals surface area contributed by atoms with Crippen LogP contribution in [0.5, 0.6) is 5.75 Å². The molecule has 0 unspecified atom stereocenters. The van der Waals surface area contributed by atoms with E-state index in [-0.39, 0.29) is 11.2 Å². The summed E-state index contributed by atoms with van der Waals surface area (Å²) < 4.78 is 20.0. The molecule has 2 aromatic heterocycles. The molecule has 2 N–H and O–H groups in total. The van der Waals surface area contributed by atoms with E-state index in [0.717, 1.165) is 16.5 Å². The van der Waals surface area contributed by atoms with Gasteiger partial charge in [0.25, 0.3) is 0 Å². The molecule has 0 amide bonds. The van der Waals surface area contributed by atoms with Crippen molar-refractivity contribution in [3.05, 3.63) is 52.0 Å². The molecule has 6 nitrogen and oxygen atoms in total. The van der Waals surface area contributed by atoms with Gasteiger partial charge in [-0.1, -0.05) is 32.5 Å². The molecule has 0 atom stereocenters. The second-order valence-corrected chi connectivity index (χ2v) is 8.58. The number of thiazole rings is 1. The van der Waals surface area contributed by atoms with Crippen molar-refractivity contribution in [2.45, 2.75) is 43.7 Å². The average molecular weight is 394 g/mol. The summed E-state index contributed by atoms with van der Waals surface area (Å²) in [4.78, 5) is 4.54. The van der Waals surface area contributed by atoms with Gasteiger partial charge >= 0.3 is 0 Å². The molecule has 138 valence electrons. The van der Waals surface area contributed by atoms with Crippen molar-refractivity contribution >= 4 is 23.1 Å². The highest BCUT2D eigenvalue weighted by atomic mass is 32.2. The number of ether oxygens (including phenoxy) is 1. The Morgan fingerprint density at radius 3 is 2.62 bits per heavy atom. The number of hydrogen-bond donors (Lipinski definition) is 1. The van der Waals surface area contributed by atoms with Crippen LogP contribution >= 0.6 is 23.1 Å². The monoisotopic (exact) mass is 393 g/mol. The van der Waals surface area contributed by atoms with Gasteiger partial charge in [-0.05, 0) is 24.3 Å². The zero-order chi connectivity index (χ0) is 18.7. The quantitative estimate of drug-likeness (QED) is 0.507. The van der Waals surface area contributed by atoms with Crippen LogP contribution in [0.2, 0.25) is 0 Å². The minimum absolute atomic E-state index is 0.161. The zero-order valence-corrected chi connectivity index (χ0v) is 16.4. The van der Waals surface area contributed by atoms with Crippen LogP contribution < -0.4 is 10.6 Å². The molecule has 2 heterocycles. The number of hydrogen-bond acceptors (Lipinski definition) is 7. The molecule has 9 heteroatoms. The third-order valence-electron chi connectivity index (χ3n) is 3.46. The first-order chi connectivity index (χ1) is 12.3. The third kappa shape index (κ3) is 4.53. The molecular formula is C17H20FN5OS2. The zero-order valence-electron chi connectivity index (χ0n) is 14.8. The standard InChI is InChI=1S/C17H20FN5OS2/c1-17(2,3)15-21-22-16(23(15)19)26-10-12-9-25-14(20-12)8-24-13-6-4-11(18)5-7-13/h4-7,9H,8,10,19H2,1-3H3. The van der Waals surface area contributed by atoms with Crippen molar-refractivity contribution in [2.24, 2.45) is 0 Å². The van der Waals surface area contributed by atoms with E-state index in [1.54, 1.807) is 12.1 Å². The van der Waals surface area contributed by atoms with Crippen LogP contribution in [0.1, 0.15) is 37.3 Å². The molecule has 1 aromatic carbocycles. The van der Waals surface area contributed by atoms with Gasteiger partial charge in [-0.15, -0.1) is 21.5 Å². The number of nitrogens with zero attached hydrogens (tertiary/aromatic N) is 4. The van der Waals surface area contributed by atoms with E-state index in [9.17, 15) is 4.39 Å². The number of aromatic nitrogens is 4. The third-order valence-corrected chi connectivity index (χ3v) is 5.31. The second-order valence-electron chi connectivity index (χ2n) is 6.69. The highest BCUT2D eigenvalue weighted by Gasteiger charge is 2.23. The van der Waals surface area contributed by atoms with E-state index >= 15 is 0 Å². The molecule has 0 aliphatic rings. The molecule has 0 aliphatic heterocycles. The lowest BCUT2D eigenvalue weighted by Crippen LogP contribution is -2.24. The van der Waals surface area contributed by atoms with Crippen LogP contribution in [0.4, 0.5) is 4.39 Å². The SMILES string of the molecule is CC(C)(C)c1nnc(SCc2csc(COc3ccc(F)cc3)n2)n1N. The van der Waals surface area contributed by atoms with Gasteiger partial charge in [0, 0.05) is 16.5 Å². The summed E-state index contributed by atoms with van der Waals surface area (Å²) in [6, 6.07) is 5.93. The van der Waals surface area contributed by atoms with E-state index in [1.807, 2.05) is 26.2 Å². The van der Waals surface area contributed by atoms with Gasteiger partial charge in [0.15, 0.2) is 5.82 Å². The molecule has 0 saturated carbocycles. The smallest absolute Gasteiger partial charge is 0.210 e. The Labute approximate surface area is 159 Å². The molecular weight excluding hydrogens is 373 g/mol. The van der Waals surface area contributed by atoms with Crippen molar-refractivity contribution in [2.75, 3.05) is 5.84 Å². The maximum absolute atomic E-state index is 12.9. The Balaban J connectivity index is 1.55. The molecule has 3 aromatic rings. The van der Waals surface area contributed by atoms with Gasteiger partial charge < -0.3 is 10.6 Å². The largest absolute Gasteiger partial charge is 0.486 e. The van der Waals surface area contributed by atoms with Gasteiger partial charge in [-0.25, -0.2) is 14.1 Å². The Morgan fingerprint density at radius 2 is 1.96 bits per heavy atom. The number of halogens is 1. The second kappa shape index (κ2) is 7.63. The number of thioether (sulfide) groups is 1. The molecule has 26 heavy (non-hydrogen) atoms. The topological polar surface area (TPSA) is 78.9 Å². The van der Waals surface area contributed by atoms with Gasteiger partial charge in [0.1, 0.15) is 23.2 Å². The first kappa shape index (κ1) is 18.7. The van der Waals surface area contributed by atoms with E-state index in [0.29, 0.717) is 23.3 Å². The lowest BCUT2D eigenvalue weighted by Gasteiger charge is -2.16. The maximum Gasteiger partial charge on any atom is 0.210 e. The van der Waals surface area contributed by atoms with Gasteiger partial charge in [-0.2, -0.15) is 0 Å².